The van der Waals surface area contributed by atoms with Crippen LogP contribution in [-0.2, 0) is 25.7 Å². The van der Waals surface area contributed by atoms with Crippen LogP contribution in [0.4, 0.5) is 0 Å². The summed E-state index contributed by atoms with van der Waals surface area (Å²) in [4.78, 5) is 17.8. The van der Waals surface area contributed by atoms with Crippen LogP contribution >= 0.6 is 11.6 Å². The molecule has 0 bridgehead atoms. The number of aryl methyl sites for hydroxylation is 1. The average molecular weight is 418 g/mol. The molecule has 6 nitrogen and oxygen atoms in total. The van der Waals surface area contributed by atoms with Gasteiger partial charge in [0.25, 0.3) is 0 Å². The van der Waals surface area contributed by atoms with E-state index in [1.54, 1.807) is 38.3 Å². The molecular weight excluding hydrogens is 394 g/mol. The first-order chi connectivity index (χ1) is 13.9. The molecule has 0 unspecified atom stereocenters. The Labute approximate surface area is 175 Å². The Bertz CT molecular complexity index is 937. The number of rotatable bonds is 8. The van der Waals surface area contributed by atoms with Gasteiger partial charge in [-0.15, -0.1) is 0 Å². The smallest absolute Gasteiger partial charge is 0.341 e. The summed E-state index contributed by atoms with van der Waals surface area (Å²) in [6.45, 7) is 3.86. The molecule has 0 heterocycles. The number of nitrogens with zero attached hydrogens (tertiary/aromatic N) is 1. The summed E-state index contributed by atoms with van der Waals surface area (Å²) >= 11 is 6.29. The predicted molar refractivity (Wildman–Crippen MR) is 113 cm³/mol. The van der Waals surface area contributed by atoms with E-state index >= 15 is 0 Å². The van der Waals surface area contributed by atoms with Gasteiger partial charge in [-0.2, -0.15) is 0 Å². The van der Waals surface area contributed by atoms with Gasteiger partial charge in [-0.3, -0.25) is 0 Å². The first-order valence-corrected chi connectivity index (χ1v) is 9.21. The lowest BCUT2D eigenvalue weighted by molar-refractivity contribution is -0.133. The highest BCUT2D eigenvalue weighted by Crippen LogP contribution is 2.28. The molecule has 2 rings (SSSR count). The highest BCUT2D eigenvalue weighted by Gasteiger charge is 2.18. The van der Waals surface area contributed by atoms with Gasteiger partial charge in [-0.25, -0.2) is 4.79 Å². The third-order valence-corrected chi connectivity index (χ3v) is 4.62. The zero-order valence-electron chi connectivity index (χ0n) is 17.1. The lowest BCUT2D eigenvalue weighted by Gasteiger charge is -2.14. The van der Waals surface area contributed by atoms with Crippen LogP contribution in [-0.4, -0.2) is 33.0 Å². The Balaban J connectivity index is 2.33. The van der Waals surface area contributed by atoms with Crippen LogP contribution in [0.2, 0.25) is 5.02 Å². The molecule has 0 saturated heterocycles. The quantitative estimate of drug-likeness (QED) is 0.204. The third kappa shape index (κ3) is 5.29. The maximum absolute atomic E-state index is 12.2. The summed E-state index contributed by atoms with van der Waals surface area (Å²) in [6.07, 6.45) is 1.35. The van der Waals surface area contributed by atoms with Gasteiger partial charge in [0.2, 0.25) is 0 Å². The number of benzene rings is 2. The average Bonchev–Trinajstić information content (AvgIpc) is 2.72. The van der Waals surface area contributed by atoms with Crippen molar-refractivity contribution in [3.05, 3.63) is 69.9 Å². The molecule has 29 heavy (non-hydrogen) atoms. The second-order valence-electron chi connectivity index (χ2n) is 6.13. The van der Waals surface area contributed by atoms with Gasteiger partial charge in [0, 0.05) is 5.56 Å². The third-order valence-electron chi connectivity index (χ3n) is 4.31. The van der Waals surface area contributed by atoms with E-state index in [9.17, 15) is 4.79 Å². The Hall–Kier alpha value is -2.99. The van der Waals surface area contributed by atoms with Crippen LogP contribution in [0.3, 0.4) is 0 Å². The Morgan fingerprint density at radius 1 is 1.14 bits per heavy atom. The number of oxime groups is 1. The fraction of sp³-hybridized carbons (Fsp3) is 0.273. The van der Waals surface area contributed by atoms with Gasteiger partial charge in [-0.05, 0) is 37.1 Å². The first kappa shape index (κ1) is 22.3. The number of esters is 1. The van der Waals surface area contributed by atoms with E-state index in [0.29, 0.717) is 33.2 Å². The van der Waals surface area contributed by atoms with Crippen LogP contribution in [0, 0.1) is 6.92 Å². The number of carbonyl (C=O) groups is 1. The van der Waals surface area contributed by atoms with E-state index in [0.717, 1.165) is 11.1 Å². The lowest BCUT2D eigenvalue weighted by Crippen LogP contribution is -2.08. The molecule has 0 aliphatic carbocycles. The van der Waals surface area contributed by atoms with Gasteiger partial charge < -0.3 is 19.0 Å². The molecule has 2 aromatic carbocycles. The van der Waals surface area contributed by atoms with Crippen molar-refractivity contribution in [1.82, 2.24) is 0 Å². The van der Waals surface area contributed by atoms with Crippen molar-refractivity contribution in [3.8, 4) is 5.75 Å². The fourth-order valence-corrected chi connectivity index (χ4v) is 3.16. The van der Waals surface area contributed by atoms with E-state index in [1.807, 2.05) is 19.1 Å². The summed E-state index contributed by atoms with van der Waals surface area (Å²) in [5, 5.41) is 4.71. The second-order valence-corrected chi connectivity index (χ2v) is 6.53. The second kappa shape index (κ2) is 10.5. The molecule has 0 aliphatic rings. The zero-order chi connectivity index (χ0) is 21.4. The first-order valence-electron chi connectivity index (χ1n) is 8.84. The topological polar surface area (TPSA) is 66.4 Å². The van der Waals surface area contributed by atoms with Gasteiger partial charge in [0.1, 0.15) is 17.9 Å². The minimum Gasteiger partial charge on any atom is -0.503 e. The number of hydrogen-bond donors (Lipinski definition) is 0. The van der Waals surface area contributed by atoms with Crippen LogP contribution in [0.5, 0.6) is 5.75 Å². The summed E-state index contributed by atoms with van der Waals surface area (Å²) in [7, 11) is 4.36. The highest BCUT2D eigenvalue weighted by molar-refractivity contribution is 6.34. The van der Waals surface area contributed by atoms with E-state index in [2.05, 4.69) is 5.16 Å². The molecule has 7 heteroatoms. The predicted octanol–water partition coefficient (Wildman–Crippen LogP) is 4.76. The molecule has 0 spiro atoms. The van der Waals surface area contributed by atoms with Gasteiger partial charge >= 0.3 is 5.97 Å². The monoisotopic (exact) mass is 417 g/mol. The minimum atomic E-state index is -0.501. The van der Waals surface area contributed by atoms with Gasteiger partial charge in [0.15, 0.2) is 0 Å². The van der Waals surface area contributed by atoms with Crippen molar-refractivity contribution in [1.29, 1.82) is 0 Å². The molecule has 0 aliphatic heterocycles. The Morgan fingerprint density at radius 2 is 1.86 bits per heavy atom. The SMILES string of the molecule is CO/C=C(/C(=O)OC)c1cccc(C)c1CO/N=C(\C)c1c(Cl)cccc1OC. The summed E-state index contributed by atoms with van der Waals surface area (Å²) in [5.41, 5.74) is 3.92. The maximum atomic E-state index is 12.2. The summed E-state index contributed by atoms with van der Waals surface area (Å²) < 4.78 is 15.3. The van der Waals surface area contributed by atoms with Gasteiger partial charge in [0.05, 0.1) is 43.9 Å². The minimum absolute atomic E-state index is 0.143. The van der Waals surface area contributed by atoms with Gasteiger partial charge in [-0.1, -0.05) is 41.0 Å². The normalized spacial score (nSPS) is 11.8. The van der Waals surface area contributed by atoms with Crippen LogP contribution in [0.25, 0.3) is 5.57 Å². The van der Waals surface area contributed by atoms with Crippen LogP contribution < -0.4 is 4.74 Å². The number of hydrogen-bond acceptors (Lipinski definition) is 6. The number of methoxy groups -OCH3 is 3. The van der Waals surface area contributed by atoms with E-state index < -0.39 is 5.97 Å². The molecule has 0 saturated carbocycles. The zero-order valence-corrected chi connectivity index (χ0v) is 17.9. The fourth-order valence-electron chi connectivity index (χ4n) is 2.86. The largest absolute Gasteiger partial charge is 0.503 e. The van der Waals surface area contributed by atoms with Crippen molar-refractivity contribution in [2.45, 2.75) is 20.5 Å². The molecule has 0 aromatic heterocycles. The number of halogens is 1. The number of carbonyl (C=O) groups excluding carboxylic acids is 1. The molecule has 2 aromatic rings. The molecule has 0 fully saturated rings. The molecule has 154 valence electrons. The standard InChI is InChI=1S/C22H24ClNO5/c1-14-8-6-9-16(18(12-26-3)22(25)28-5)17(14)13-29-24-15(2)21-19(23)10-7-11-20(21)27-4/h6-12H,13H2,1-5H3/b18-12+,24-15+. The van der Waals surface area contributed by atoms with Crippen LogP contribution in [0.15, 0.2) is 47.8 Å². The van der Waals surface area contributed by atoms with E-state index in [1.165, 1.54) is 20.5 Å². The molecule has 0 amide bonds. The lowest BCUT2D eigenvalue weighted by atomic mass is 9.97. The maximum Gasteiger partial charge on any atom is 0.341 e. The van der Waals surface area contributed by atoms with Crippen LogP contribution in [0.1, 0.15) is 29.2 Å². The van der Waals surface area contributed by atoms with Crippen molar-refractivity contribution < 1.29 is 23.8 Å². The van der Waals surface area contributed by atoms with Crippen molar-refractivity contribution in [2.75, 3.05) is 21.3 Å². The molecule has 0 N–H and O–H groups in total. The Kier molecular flexibility index (Phi) is 8.09. The molecule has 0 radical (unpaired) electrons. The summed E-state index contributed by atoms with van der Waals surface area (Å²) in [6, 6.07) is 10.9. The number of ether oxygens (including phenoxy) is 3. The van der Waals surface area contributed by atoms with Crippen molar-refractivity contribution in [3.63, 3.8) is 0 Å². The van der Waals surface area contributed by atoms with E-state index in [4.69, 9.17) is 30.6 Å². The molecular formula is C22H24ClNO5. The summed E-state index contributed by atoms with van der Waals surface area (Å²) in [5.74, 6) is 0.106. The highest BCUT2D eigenvalue weighted by atomic mass is 35.5. The van der Waals surface area contributed by atoms with Crippen molar-refractivity contribution >= 4 is 28.9 Å². The molecule has 0 atom stereocenters. The Morgan fingerprint density at radius 3 is 2.52 bits per heavy atom. The van der Waals surface area contributed by atoms with E-state index in [-0.39, 0.29) is 6.61 Å². The van der Waals surface area contributed by atoms with Crippen molar-refractivity contribution in [2.24, 2.45) is 5.16 Å².